The second-order valence-electron chi connectivity index (χ2n) is 6.21. The van der Waals surface area contributed by atoms with Crippen molar-refractivity contribution >= 4 is 0 Å². The third-order valence-corrected chi connectivity index (χ3v) is 4.53. The Bertz CT molecular complexity index is 514. The van der Waals surface area contributed by atoms with E-state index < -0.39 is 0 Å². The zero-order chi connectivity index (χ0) is 15.0. The molecule has 0 radical (unpaired) electrons. The van der Waals surface area contributed by atoms with Gasteiger partial charge in [-0.25, -0.2) is 0 Å². The molecule has 4 heteroatoms. The minimum absolute atomic E-state index is 0.198. The molecule has 4 nitrogen and oxygen atoms in total. The predicted molar refractivity (Wildman–Crippen MR) is 84.0 cm³/mol. The van der Waals surface area contributed by atoms with E-state index in [4.69, 9.17) is 15.2 Å². The van der Waals surface area contributed by atoms with Gasteiger partial charge in [-0.2, -0.15) is 0 Å². The van der Waals surface area contributed by atoms with Gasteiger partial charge in [0.2, 0.25) is 0 Å². The van der Waals surface area contributed by atoms with Crippen LogP contribution in [-0.4, -0.2) is 37.2 Å². The molecule has 1 fully saturated rings. The molecule has 1 heterocycles. The molecule has 2 atom stereocenters. The molecular formula is C17H26N2O2. The molecule has 3 rings (SSSR count). The van der Waals surface area contributed by atoms with Crippen LogP contribution in [0.4, 0.5) is 0 Å². The molecular weight excluding hydrogens is 264 g/mol. The maximum atomic E-state index is 6.07. The monoisotopic (exact) mass is 290 g/mol. The Hall–Kier alpha value is -1.26. The van der Waals surface area contributed by atoms with Crippen LogP contribution in [0.25, 0.3) is 0 Å². The Morgan fingerprint density at radius 1 is 1.43 bits per heavy atom. The molecule has 2 N–H and O–H groups in total. The average Bonchev–Trinajstić information content (AvgIpc) is 3.23. The highest BCUT2D eigenvalue weighted by molar-refractivity contribution is 5.50. The fourth-order valence-corrected chi connectivity index (χ4v) is 3.24. The Balaban J connectivity index is 1.96. The van der Waals surface area contributed by atoms with Crippen LogP contribution in [-0.2, 0) is 6.42 Å². The second kappa shape index (κ2) is 5.85. The fourth-order valence-electron chi connectivity index (χ4n) is 3.24. The van der Waals surface area contributed by atoms with Crippen LogP contribution in [0.3, 0.4) is 0 Å². The molecule has 0 bridgehead atoms. The molecule has 1 aliphatic heterocycles. The van der Waals surface area contributed by atoms with E-state index in [1.54, 1.807) is 0 Å². The lowest BCUT2D eigenvalue weighted by molar-refractivity contribution is 0.228. The molecule has 1 aromatic carbocycles. The smallest absolute Gasteiger partial charge is 0.124 e. The van der Waals surface area contributed by atoms with Crippen molar-refractivity contribution in [3.63, 3.8) is 0 Å². The third kappa shape index (κ3) is 2.87. The number of nitrogens with two attached hydrogens (primary N) is 1. The molecule has 1 aliphatic carbocycles. The van der Waals surface area contributed by atoms with Gasteiger partial charge in [-0.3, -0.25) is 4.90 Å². The third-order valence-electron chi connectivity index (χ3n) is 4.53. The Labute approximate surface area is 127 Å². The Kier molecular flexibility index (Phi) is 4.09. The number of ether oxygens (including phenoxy) is 2. The van der Waals surface area contributed by atoms with Crippen molar-refractivity contribution in [2.24, 2.45) is 5.73 Å². The molecule has 1 aromatic rings. The van der Waals surface area contributed by atoms with E-state index in [9.17, 15) is 0 Å². The maximum absolute atomic E-state index is 6.07. The summed E-state index contributed by atoms with van der Waals surface area (Å²) in [7, 11) is 2.17. The highest BCUT2D eigenvalue weighted by atomic mass is 16.5. The van der Waals surface area contributed by atoms with Crippen LogP contribution in [0.5, 0.6) is 11.5 Å². The lowest BCUT2D eigenvalue weighted by atomic mass is 10.00. The minimum atomic E-state index is 0.198. The summed E-state index contributed by atoms with van der Waals surface area (Å²) in [5, 5.41) is 0. The summed E-state index contributed by atoms with van der Waals surface area (Å²) in [6.07, 6.45) is 3.76. The highest BCUT2D eigenvalue weighted by Gasteiger charge is 2.33. The maximum Gasteiger partial charge on any atom is 0.124 e. The summed E-state index contributed by atoms with van der Waals surface area (Å²) < 4.78 is 11.8. The predicted octanol–water partition coefficient (Wildman–Crippen LogP) is 2.50. The number of likely N-dealkylation sites (N-methyl/N-ethyl adjacent to an activating group) is 1. The Morgan fingerprint density at radius 3 is 2.81 bits per heavy atom. The van der Waals surface area contributed by atoms with Crippen molar-refractivity contribution < 1.29 is 9.47 Å². The summed E-state index contributed by atoms with van der Waals surface area (Å²) >= 11 is 0. The number of hydrogen-bond acceptors (Lipinski definition) is 4. The number of benzene rings is 1. The first kappa shape index (κ1) is 14.7. The lowest BCUT2D eigenvalue weighted by Crippen LogP contribution is -2.32. The number of hydrogen-bond donors (Lipinski definition) is 1. The average molecular weight is 290 g/mol. The van der Waals surface area contributed by atoms with E-state index in [-0.39, 0.29) is 12.1 Å². The van der Waals surface area contributed by atoms with E-state index in [0.717, 1.165) is 17.9 Å². The topological polar surface area (TPSA) is 47.7 Å². The summed E-state index contributed by atoms with van der Waals surface area (Å²) in [5.41, 5.74) is 8.49. The first-order chi connectivity index (χ1) is 10.1. The number of nitrogens with zero attached hydrogens (tertiary/aromatic N) is 1. The first-order valence-electron chi connectivity index (χ1n) is 8.02. The van der Waals surface area contributed by atoms with E-state index in [2.05, 4.69) is 31.0 Å². The van der Waals surface area contributed by atoms with Crippen LogP contribution in [0.2, 0.25) is 0 Å². The lowest BCUT2D eigenvalue weighted by Gasteiger charge is -2.29. The molecule has 1 saturated carbocycles. The molecule has 0 amide bonds. The van der Waals surface area contributed by atoms with Crippen LogP contribution in [0, 0.1) is 0 Å². The van der Waals surface area contributed by atoms with Gasteiger partial charge in [0.1, 0.15) is 17.6 Å². The fraction of sp³-hybridized carbons (Fsp3) is 0.647. The van der Waals surface area contributed by atoms with Crippen LogP contribution < -0.4 is 15.2 Å². The standard InChI is InChI=1S/C17H26N2O2/c1-4-20-17-8-12-7-11(2)21-16(12)9-14(17)15(10-18)19(3)13-5-6-13/h8-9,11,13,15H,4-7,10,18H2,1-3H3. The van der Waals surface area contributed by atoms with Gasteiger partial charge < -0.3 is 15.2 Å². The molecule has 21 heavy (non-hydrogen) atoms. The second-order valence-corrected chi connectivity index (χ2v) is 6.21. The molecule has 0 saturated heterocycles. The highest BCUT2D eigenvalue weighted by Crippen LogP contribution is 2.41. The van der Waals surface area contributed by atoms with E-state index in [0.29, 0.717) is 19.2 Å². The van der Waals surface area contributed by atoms with Crippen molar-refractivity contribution in [3.05, 3.63) is 23.3 Å². The van der Waals surface area contributed by atoms with Crippen molar-refractivity contribution in [1.82, 2.24) is 4.90 Å². The van der Waals surface area contributed by atoms with Crippen molar-refractivity contribution in [2.75, 3.05) is 20.2 Å². The van der Waals surface area contributed by atoms with Crippen molar-refractivity contribution in [3.8, 4) is 11.5 Å². The summed E-state index contributed by atoms with van der Waals surface area (Å²) in [6, 6.07) is 5.17. The molecule has 0 spiro atoms. The summed E-state index contributed by atoms with van der Waals surface area (Å²) in [6.45, 7) is 5.41. The minimum Gasteiger partial charge on any atom is -0.494 e. The largest absolute Gasteiger partial charge is 0.494 e. The summed E-state index contributed by atoms with van der Waals surface area (Å²) in [4.78, 5) is 2.39. The Morgan fingerprint density at radius 2 is 2.19 bits per heavy atom. The van der Waals surface area contributed by atoms with Crippen LogP contribution in [0.1, 0.15) is 43.9 Å². The van der Waals surface area contributed by atoms with Gasteiger partial charge in [-0.1, -0.05) is 0 Å². The SMILES string of the molecule is CCOc1cc2c(cc1C(CN)N(C)C1CC1)OC(C)C2. The number of rotatable bonds is 6. The van der Waals surface area contributed by atoms with E-state index >= 15 is 0 Å². The van der Waals surface area contributed by atoms with Gasteiger partial charge in [0.25, 0.3) is 0 Å². The summed E-state index contributed by atoms with van der Waals surface area (Å²) in [5.74, 6) is 1.97. The van der Waals surface area contributed by atoms with E-state index in [1.165, 1.54) is 24.0 Å². The molecule has 116 valence electrons. The van der Waals surface area contributed by atoms with Crippen molar-refractivity contribution in [1.29, 1.82) is 0 Å². The van der Waals surface area contributed by atoms with Gasteiger partial charge in [0, 0.05) is 30.1 Å². The quantitative estimate of drug-likeness (QED) is 0.874. The first-order valence-corrected chi connectivity index (χ1v) is 8.02. The van der Waals surface area contributed by atoms with E-state index in [1.807, 2.05) is 6.92 Å². The van der Waals surface area contributed by atoms with Crippen LogP contribution >= 0.6 is 0 Å². The van der Waals surface area contributed by atoms with Crippen LogP contribution in [0.15, 0.2) is 12.1 Å². The zero-order valence-electron chi connectivity index (χ0n) is 13.3. The van der Waals surface area contributed by atoms with Gasteiger partial charge in [0.05, 0.1) is 12.6 Å². The normalized spacial score (nSPS) is 22.0. The molecule has 2 aliphatic rings. The molecule has 2 unspecified atom stereocenters. The van der Waals surface area contributed by atoms with Gasteiger partial charge in [-0.15, -0.1) is 0 Å². The van der Waals surface area contributed by atoms with Gasteiger partial charge >= 0.3 is 0 Å². The molecule has 0 aromatic heterocycles. The number of fused-ring (bicyclic) bond motifs is 1. The van der Waals surface area contributed by atoms with Gasteiger partial charge in [0.15, 0.2) is 0 Å². The van der Waals surface area contributed by atoms with Gasteiger partial charge in [-0.05, 0) is 45.9 Å². The van der Waals surface area contributed by atoms with Crippen molar-refractivity contribution in [2.45, 2.75) is 51.3 Å². The zero-order valence-corrected chi connectivity index (χ0v) is 13.3.